The highest BCUT2D eigenvalue weighted by Crippen LogP contribution is 2.46. The molecule has 2 amide bonds. The third kappa shape index (κ3) is 6.25. The number of allylic oxidation sites excluding steroid dienone is 1. The Bertz CT molecular complexity index is 865. The fourth-order valence-electron chi connectivity index (χ4n) is 6.07. The second-order valence-corrected chi connectivity index (χ2v) is 13.1. The summed E-state index contributed by atoms with van der Waals surface area (Å²) in [5, 5.41) is 22.9. The molecule has 1 aliphatic carbocycles. The lowest BCUT2D eigenvalue weighted by atomic mass is 9.84. The normalized spacial score (nSPS) is 28.8. The first-order chi connectivity index (χ1) is 17.1. The van der Waals surface area contributed by atoms with Crippen LogP contribution >= 0.6 is 0 Å². The summed E-state index contributed by atoms with van der Waals surface area (Å²) in [5.74, 6) is 0. The summed E-state index contributed by atoms with van der Waals surface area (Å²) in [6.45, 7) is 14.3. The van der Waals surface area contributed by atoms with Crippen LogP contribution in [0.3, 0.4) is 0 Å². The first-order valence-electron chi connectivity index (χ1n) is 13.7. The van der Waals surface area contributed by atoms with Gasteiger partial charge >= 0.3 is 12.2 Å². The van der Waals surface area contributed by atoms with Crippen molar-refractivity contribution in [3.8, 4) is 0 Å². The molecule has 1 spiro atoms. The first-order valence-corrected chi connectivity index (χ1v) is 13.7. The van der Waals surface area contributed by atoms with Crippen LogP contribution < -0.4 is 0 Å². The molecule has 2 heterocycles. The first kappa shape index (κ1) is 29.7. The van der Waals surface area contributed by atoms with Crippen LogP contribution in [0, 0.1) is 0 Å². The smallest absolute Gasteiger partial charge is 0.413 e. The molecule has 9 heteroatoms. The van der Waals surface area contributed by atoms with Gasteiger partial charge in [0.25, 0.3) is 0 Å². The molecule has 0 bridgehead atoms. The SMILES string of the molecule is CC(C)=C[C@H]1CC[C@](CO)([C@@H](O)[C@@H]2COC3(CCCCC3)N2C(=O)OC(C)(C)C)N1C(=O)OC(C)(C)C. The van der Waals surface area contributed by atoms with Crippen molar-refractivity contribution in [2.75, 3.05) is 13.2 Å². The van der Waals surface area contributed by atoms with Crippen molar-refractivity contribution < 1.29 is 34.0 Å². The zero-order valence-electron chi connectivity index (χ0n) is 24.0. The van der Waals surface area contributed by atoms with Gasteiger partial charge in [-0.25, -0.2) is 9.59 Å². The van der Waals surface area contributed by atoms with Crippen molar-refractivity contribution in [3.63, 3.8) is 0 Å². The molecule has 1 saturated carbocycles. The number of rotatable bonds is 4. The van der Waals surface area contributed by atoms with Gasteiger partial charge in [-0.2, -0.15) is 0 Å². The molecule has 212 valence electrons. The Hall–Kier alpha value is -1.84. The maximum absolute atomic E-state index is 13.6. The largest absolute Gasteiger partial charge is 0.444 e. The van der Waals surface area contributed by atoms with E-state index in [9.17, 15) is 19.8 Å². The summed E-state index contributed by atoms with van der Waals surface area (Å²) in [6, 6.07) is -1.15. The summed E-state index contributed by atoms with van der Waals surface area (Å²) >= 11 is 0. The van der Waals surface area contributed by atoms with E-state index in [0.29, 0.717) is 25.7 Å². The van der Waals surface area contributed by atoms with Gasteiger partial charge in [0, 0.05) is 0 Å². The Morgan fingerprint density at radius 2 is 1.51 bits per heavy atom. The van der Waals surface area contributed by atoms with Gasteiger partial charge in [0.1, 0.15) is 23.0 Å². The third-order valence-corrected chi connectivity index (χ3v) is 7.51. The standard InChI is InChI=1S/C28H48N2O7/c1-19(2)16-20-12-15-27(18-31,29(20)23(33)36-25(3,4)5)22(32)21-17-35-28(13-10-9-11-14-28)30(21)24(34)37-26(6,7)8/h16,20-22,31-32H,9-15,17-18H2,1-8H3/t20-,21+,22+,27+/m1/s1. The van der Waals surface area contributed by atoms with E-state index in [0.717, 1.165) is 24.8 Å². The van der Waals surface area contributed by atoms with E-state index in [1.54, 1.807) is 46.4 Å². The Balaban J connectivity index is 2.04. The Morgan fingerprint density at radius 1 is 0.973 bits per heavy atom. The predicted molar refractivity (Wildman–Crippen MR) is 140 cm³/mol. The molecule has 0 aromatic carbocycles. The van der Waals surface area contributed by atoms with Crippen LogP contribution in [-0.4, -0.2) is 86.1 Å². The van der Waals surface area contributed by atoms with E-state index in [-0.39, 0.29) is 12.6 Å². The number of carbonyl (C=O) groups excluding carboxylic acids is 2. The number of amides is 2. The minimum Gasteiger partial charge on any atom is -0.444 e. The van der Waals surface area contributed by atoms with Crippen LogP contribution in [0.25, 0.3) is 0 Å². The van der Waals surface area contributed by atoms with Crippen molar-refractivity contribution in [2.45, 2.75) is 141 Å². The van der Waals surface area contributed by atoms with Crippen LogP contribution in [-0.2, 0) is 14.2 Å². The van der Waals surface area contributed by atoms with E-state index in [2.05, 4.69) is 0 Å². The van der Waals surface area contributed by atoms with Gasteiger partial charge in [0.05, 0.1) is 30.8 Å². The topological polar surface area (TPSA) is 109 Å². The number of aliphatic hydroxyl groups excluding tert-OH is 2. The second kappa shape index (κ2) is 10.7. The maximum Gasteiger partial charge on any atom is 0.413 e. The molecule has 0 unspecified atom stereocenters. The minimum absolute atomic E-state index is 0.0949. The van der Waals surface area contributed by atoms with Crippen molar-refractivity contribution in [2.24, 2.45) is 0 Å². The Morgan fingerprint density at radius 3 is 2.00 bits per heavy atom. The molecule has 3 aliphatic rings. The van der Waals surface area contributed by atoms with E-state index in [1.807, 2.05) is 19.9 Å². The molecule has 3 fully saturated rings. The highest BCUT2D eigenvalue weighted by Gasteiger charge is 2.61. The van der Waals surface area contributed by atoms with Crippen LogP contribution in [0.5, 0.6) is 0 Å². The summed E-state index contributed by atoms with van der Waals surface area (Å²) in [4.78, 5) is 30.2. The number of hydrogen-bond acceptors (Lipinski definition) is 7. The summed E-state index contributed by atoms with van der Waals surface area (Å²) < 4.78 is 17.9. The van der Waals surface area contributed by atoms with Crippen LogP contribution in [0.1, 0.15) is 100 Å². The van der Waals surface area contributed by atoms with Gasteiger partial charge in [-0.3, -0.25) is 9.80 Å². The van der Waals surface area contributed by atoms with E-state index >= 15 is 0 Å². The summed E-state index contributed by atoms with van der Waals surface area (Å²) in [7, 11) is 0. The van der Waals surface area contributed by atoms with E-state index in [1.165, 1.54) is 4.90 Å². The molecule has 2 saturated heterocycles. The lowest BCUT2D eigenvalue weighted by Gasteiger charge is -2.48. The van der Waals surface area contributed by atoms with Crippen LogP contribution in [0.15, 0.2) is 11.6 Å². The molecule has 2 aliphatic heterocycles. The second-order valence-electron chi connectivity index (χ2n) is 13.1. The van der Waals surface area contributed by atoms with Gasteiger partial charge in [-0.05, 0) is 93.9 Å². The molecular weight excluding hydrogens is 476 g/mol. The quantitative estimate of drug-likeness (QED) is 0.511. The molecule has 9 nitrogen and oxygen atoms in total. The molecule has 0 aromatic rings. The number of likely N-dealkylation sites (tertiary alicyclic amines) is 1. The molecule has 3 rings (SSSR count). The van der Waals surface area contributed by atoms with Crippen molar-refractivity contribution in [1.29, 1.82) is 0 Å². The van der Waals surface area contributed by atoms with Gasteiger partial charge in [0.15, 0.2) is 0 Å². The number of nitrogens with zero attached hydrogens (tertiary/aromatic N) is 2. The fraction of sp³-hybridized carbons (Fsp3) is 0.857. The van der Waals surface area contributed by atoms with Crippen LogP contribution in [0.2, 0.25) is 0 Å². The van der Waals surface area contributed by atoms with Gasteiger partial charge in [-0.15, -0.1) is 0 Å². The van der Waals surface area contributed by atoms with Gasteiger partial charge in [0.2, 0.25) is 0 Å². The van der Waals surface area contributed by atoms with Crippen LogP contribution in [0.4, 0.5) is 9.59 Å². The lowest BCUT2D eigenvalue weighted by molar-refractivity contribution is -0.121. The van der Waals surface area contributed by atoms with Gasteiger partial charge in [-0.1, -0.05) is 18.1 Å². The van der Waals surface area contributed by atoms with E-state index < -0.39 is 53.4 Å². The molecule has 0 aromatic heterocycles. The minimum atomic E-state index is -1.35. The molecule has 0 radical (unpaired) electrons. The Kier molecular flexibility index (Phi) is 8.62. The zero-order chi connectivity index (χ0) is 27.8. The van der Waals surface area contributed by atoms with Gasteiger partial charge < -0.3 is 24.4 Å². The third-order valence-electron chi connectivity index (χ3n) is 7.51. The van der Waals surface area contributed by atoms with E-state index in [4.69, 9.17) is 14.2 Å². The van der Waals surface area contributed by atoms with Crippen molar-refractivity contribution >= 4 is 12.2 Å². The number of ether oxygens (including phenoxy) is 3. The predicted octanol–water partition coefficient (Wildman–Crippen LogP) is 4.74. The number of aliphatic hydroxyl groups is 2. The van der Waals surface area contributed by atoms with Crippen molar-refractivity contribution in [1.82, 2.24) is 9.80 Å². The molecule has 2 N–H and O–H groups in total. The highest BCUT2D eigenvalue weighted by molar-refractivity contribution is 5.72. The average Bonchev–Trinajstić information content (AvgIpc) is 3.30. The number of carbonyl (C=O) groups is 2. The number of hydrogen-bond donors (Lipinski definition) is 2. The maximum atomic E-state index is 13.6. The molecule has 37 heavy (non-hydrogen) atoms. The monoisotopic (exact) mass is 524 g/mol. The molecular formula is C28H48N2O7. The lowest BCUT2D eigenvalue weighted by Crippen LogP contribution is -2.67. The summed E-state index contributed by atoms with van der Waals surface area (Å²) in [6.07, 6.45) is 4.59. The molecule has 4 atom stereocenters. The van der Waals surface area contributed by atoms with Crippen molar-refractivity contribution in [3.05, 3.63) is 11.6 Å². The fourth-order valence-corrected chi connectivity index (χ4v) is 6.07. The summed E-state index contributed by atoms with van der Waals surface area (Å²) in [5.41, 5.74) is -2.69. The highest BCUT2D eigenvalue weighted by atomic mass is 16.6. The zero-order valence-corrected chi connectivity index (χ0v) is 24.0. The average molecular weight is 525 g/mol. The Labute approximate surface area is 222 Å².